The van der Waals surface area contributed by atoms with Crippen molar-refractivity contribution >= 4 is 21.6 Å². The Kier molecular flexibility index (Phi) is 6.44. The number of amides is 1. The maximum atomic E-state index is 12.6. The average molecular weight is 418 g/mol. The highest BCUT2D eigenvalue weighted by atomic mass is 32.2. The molecule has 1 heterocycles. The molecule has 0 spiro atoms. The summed E-state index contributed by atoms with van der Waals surface area (Å²) in [5.74, 6) is 0.271. The highest BCUT2D eigenvalue weighted by Gasteiger charge is 2.25. The number of anilines is 1. The standard InChI is InChI=1S/C21H27N3O4S/c1-23(2)29(26,27)20-13-17(9-10-19(20)28-3)21(25)22-14-16-11-12-24(15-16)18-7-5-4-6-8-18/h4-10,13,16H,11-12,14-15H2,1-3H3,(H,22,25). The summed E-state index contributed by atoms with van der Waals surface area (Å²) in [4.78, 5) is 14.9. The van der Waals surface area contributed by atoms with E-state index in [9.17, 15) is 13.2 Å². The second-order valence-corrected chi connectivity index (χ2v) is 9.42. The maximum absolute atomic E-state index is 12.6. The molecule has 0 aliphatic carbocycles. The molecule has 1 N–H and O–H groups in total. The topological polar surface area (TPSA) is 79.0 Å². The first-order valence-corrected chi connectivity index (χ1v) is 11.0. The lowest BCUT2D eigenvalue weighted by Crippen LogP contribution is -2.31. The number of rotatable bonds is 7. The molecule has 156 valence electrons. The fourth-order valence-corrected chi connectivity index (χ4v) is 4.50. The van der Waals surface area contributed by atoms with Crippen LogP contribution in [0.1, 0.15) is 16.8 Å². The van der Waals surface area contributed by atoms with Crippen LogP contribution in [0.3, 0.4) is 0 Å². The quantitative estimate of drug-likeness (QED) is 0.747. The van der Waals surface area contributed by atoms with Gasteiger partial charge in [0, 0.05) is 45.0 Å². The molecule has 1 aliphatic heterocycles. The molecule has 1 amide bonds. The van der Waals surface area contributed by atoms with Crippen LogP contribution in [0.5, 0.6) is 5.75 Å². The van der Waals surface area contributed by atoms with Crippen LogP contribution in [0.2, 0.25) is 0 Å². The van der Waals surface area contributed by atoms with Crippen LogP contribution < -0.4 is 15.0 Å². The molecular formula is C21H27N3O4S. The first kappa shape index (κ1) is 21.1. The van der Waals surface area contributed by atoms with Crippen LogP contribution in [0, 0.1) is 5.92 Å². The van der Waals surface area contributed by atoms with Crippen LogP contribution >= 0.6 is 0 Å². The molecule has 0 aromatic heterocycles. The Morgan fingerprint density at radius 3 is 2.59 bits per heavy atom. The van der Waals surface area contributed by atoms with Gasteiger partial charge in [0.2, 0.25) is 10.0 Å². The summed E-state index contributed by atoms with van der Waals surface area (Å²) in [5.41, 5.74) is 1.49. The Hall–Kier alpha value is -2.58. The van der Waals surface area contributed by atoms with Gasteiger partial charge in [-0.3, -0.25) is 4.79 Å². The van der Waals surface area contributed by atoms with Gasteiger partial charge >= 0.3 is 0 Å². The molecule has 0 bridgehead atoms. The summed E-state index contributed by atoms with van der Waals surface area (Å²) in [5, 5.41) is 2.94. The van der Waals surface area contributed by atoms with Crippen LogP contribution in [0.15, 0.2) is 53.4 Å². The molecule has 1 unspecified atom stereocenters. The number of carbonyl (C=O) groups excluding carboxylic acids is 1. The van der Waals surface area contributed by atoms with Crippen LogP contribution in [0.25, 0.3) is 0 Å². The number of hydrogen-bond donors (Lipinski definition) is 1. The summed E-state index contributed by atoms with van der Waals surface area (Å²) >= 11 is 0. The molecule has 29 heavy (non-hydrogen) atoms. The van der Waals surface area contributed by atoms with Crippen molar-refractivity contribution in [1.29, 1.82) is 0 Å². The third-order valence-electron chi connectivity index (χ3n) is 5.14. The Morgan fingerprint density at radius 2 is 1.93 bits per heavy atom. The molecule has 3 rings (SSSR count). The van der Waals surface area contributed by atoms with Gasteiger partial charge in [-0.05, 0) is 42.7 Å². The molecule has 8 heteroatoms. The summed E-state index contributed by atoms with van der Waals surface area (Å²) in [6.45, 7) is 2.38. The van der Waals surface area contributed by atoms with Crippen molar-refractivity contribution in [2.75, 3.05) is 45.7 Å². The van der Waals surface area contributed by atoms with Gasteiger partial charge in [0.05, 0.1) is 7.11 Å². The van der Waals surface area contributed by atoms with Gasteiger partial charge in [-0.2, -0.15) is 0 Å². The van der Waals surface area contributed by atoms with Crippen molar-refractivity contribution in [3.05, 3.63) is 54.1 Å². The van der Waals surface area contributed by atoms with Gasteiger partial charge in [0.15, 0.2) is 0 Å². The monoisotopic (exact) mass is 417 g/mol. The smallest absolute Gasteiger partial charge is 0.251 e. The number of benzene rings is 2. The zero-order valence-electron chi connectivity index (χ0n) is 17.0. The van der Waals surface area contributed by atoms with Crippen molar-refractivity contribution < 1.29 is 17.9 Å². The second kappa shape index (κ2) is 8.84. The van der Waals surface area contributed by atoms with Crippen molar-refractivity contribution in [1.82, 2.24) is 9.62 Å². The predicted octanol–water partition coefficient (Wildman–Crippen LogP) is 2.20. The van der Waals surface area contributed by atoms with E-state index in [1.807, 2.05) is 18.2 Å². The molecule has 2 aromatic carbocycles. The molecule has 0 saturated carbocycles. The Morgan fingerprint density at radius 1 is 1.21 bits per heavy atom. The summed E-state index contributed by atoms with van der Waals surface area (Å²) in [6.07, 6.45) is 0.998. The van der Waals surface area contributed by atoms with E-state index in [0.29, 0.717) is 18.0 Å². The molecule has 0 radical (unpaired) electrons. The van der Waals surface area contributed by atoms with Crippen molar-refractivity contribution in [2.24, 2.45) is 5.92 Å². The van der Waals surface area contributed by atoms with E-state index in [2.05, 4.69) is 22.3 Å². The van der Waals surface area contributed by atoms with Crippen LogP contribution in [-0.4, -0.2) is 59.5 Å². The van der Waals surface area contributed by atoms with E-state index in [1.54, 1.807) is 6.07 Å². The minimum Gasteiger partial charge on any atom is -0.495 e. The first-order chi connectivity index (χ1) is 13.8. The SMILES string of the molecule is COc1ccc(C(=O)NCC2CCN(c3ccccc3)C2)cc1S(=O)(=O)N(C)C. The lowest BCUT2D eigenvalue weighted by atomic mass is 10.1. The number of ether oxygens (including phenoxy) is 1. The van der Waals surface area contributed by atoms with Gasteiger partial charge < -0.3 is 15.0 Å². The van der Waals surface area contributed by atoms with Crippen molar-refractivity contribution in [2.45, 2.75) is 11.3 Å². The molecule has 1 saturated heterocycles. The van der Waals surface area contributed by atoms with E-state index in [4.69, 9.17) is 4.74 Å². The Bertz CT molecular complexity index is 961. The maximum Gasteiger partial charge on any atom is 0.251 e. The van der Waals surface area contributed by atoms with E-state index in [1.165, 1.54) is 39.0 Å². The van der Waals surface area contributed by atoms with Gasteiger partial charge in [0.1, 0.15) is 10.6 Å². The minimum atomic E-state index is -3.72. The number of para-hydroxylation sites is 1. The van der Waals surface area contributed by atoms with Gasteiger partial charge in [-0.1, -0.05) is 18.2 Å². The number of carbonyl (C=O) groups is 1. The largest absolute Gasteiger partial charge is 0.495 e. The number of methoxy groups -OCH3 is 1. The highest BCUT2D eigenvalue weighted by molar-refractivity contribution is 7.89. The number of nitrogens with one attached hydrogen (secondary N) is 1. The first-order valence-electron chi connectivity index (χ1n) is 9.51. The number of sulfonamides is 1. The fraction of sp³-hybridized carbons (Fsp3) is 0.381. The molecule has 1 fully saturated rings. The zero-order chi connectivity index (χ0) is 21.0. The van der Waals surface area contributed by atoms with Gasteiger partial charge in [0.25, 0.3) is 5.91 Å². The van der Waals surface area contributed by atoms with Gasteiger partial charge in [-0.25, -0.2) is 12.7 Å². The molecular weight excluding hydrogens is 390 g/mol. The highest BCUT2D eigenvalue weighted by Crippen LogP contribution is 2.27. The van der Waals surface area contributed by atoms with Crippen molar-refractivity contribution in [3.63, 3.8) is 0 Å². The molecule has 1 atom stereocenters. The molecule has 7 nitrogen and oxygen atoms in total. The summed E-state index contributed by atoms with van der Waals surface area (Å²) in [6, 6.07) is 14.7. The number of hydrogen-bond acceptors (Lipinski definition) is 5. The average Bonchev–Trinajstić information content (AvgIpc) is 3.21. The Labute approximate surface area is 172 Å². The summed E-state index contributed by atoms with van der Waals surface area (Å²) in [7, 11) is 0.572. The van der Waals surface area contributed by atoms with E-state index >= 15 is 0 Å². The predicted molar refractivity (Wildman–Crippen MR) is 113 cm³/mol. The van der Waals surface area contributed by atoms with Gasteiger partial charge in [-0.15, -0.1) is 0 Å². The fourth-order valence-electron chi connectivity index (χ4n) is 3.43. The number of nitrogens with zero attached hydrogens (tertiary/aromatic N) is 2. The van der Waals surface area contributed by atoms with E-state index < -0.39 is 10.0 Å². The van der Waals surface area contributed by atoms with E-state index in [-0.39, 0.29) is 16.6 Å². The lowest BCUT2D eigenvalue weighted by Gasteiger charge is -2.19. The van der Waals surface area contributed by atoms with Crippen molar-refractivity contribution in [3.8, 4) is 5.75 Å². The Balaban J connectivity index is 1.66. The van der Waals surface area contributed by atoms with Crippen LogP contribution in [0.4, 0.5) is 5.69 Å². The third kappa shape index (κ3) is 4.71. The lowest BCUT2D eigenvalue weighted by molar-refractivity contribution is 0.0948. The summed E-state index contributed by atoms with van der Waals surface area (Å²) < 4.78 is 31.3. The van der Waals surface area contributed by atoms with Crippen LogP contribution in [-0.2, 0) is 10.0 Å². The third-order valence-corrected chi connectivity index (χ3v) is 6.98. The van der Waals surface area contributed by atoms with E-state index in [0.717, 1.165) is 23.8 Å². The second-order valence-electron chi connectivity index (χ2n) is 7.30. The minimum absolute atomic E-state index is 0.0197. The normalized spacial score (nSPS) is 16.8. The molecule has 1 aliphatic rings. The molecule has 2 aromatic rings. The zero-order valence-corrected chi connectivity index (χ0v) is 17.8.